The predicted molar refractivity (Wildman–Crippen MR) is 120 cm³/mol. The maximum Gasteiger partial charge on any atom is 0.487 e. The summed E-state index contributed by atoms with van der Waals surface area (Å²) in [5.41, 5.74) is -1.88. The Hall–Kier alpha value is -3.44. The van der Waals surface area contributed by atoms with Crippen LogP contribution >= 0.6 is 11.6 Å². The molecule has 4 rings (SSSR count). The van der Waals surface area contributed by atoms with Gasteiger partial charge in [-0.05, 0) is 42.8 Å². The standard InChI is InChI=1S/C21H21ClF2N6O3/c1-25-18-16(20(32)27-12-2-4-14(5-3-12)33-21(22,23)24)10-15(17-6-8-26-29-17)19(28-18)30-9-7-13(31)11-30/h2-6,8,10,13,31H,7,9,11H2,1H3,(H,25,28)(H,26,29)(H,27,32)/t13-/m1/s1. The van der Waals surface area contributed by atoms with Gasteiger partial charge in [0.1, 0.15) is 17.4 Å². The lowest BCUT2D eigenvalue weighted by atomic mass is 10.1. The van der Waals surface area contributed by atoms with Crippen LogP contribution in [0.2, 0.25) is 0 Å². The van der Waals surface area contributed by atoms with Crippen molar-refractivity contribution in [2.24, 2.45) is 0 Å². The molecule has 9 nitrogen and oxygen atoms in total. The number of hydrogen-bond donors (Lipinski definition) is 4. The topological polar surface area (TPSA) is 115 Å². The molecule has 0 aliphatic carbocycles. The number of aliphatic hydroxyl groups excluding tert-OH is 1. The molecular formula is C21H21ClF2N6O3. The molecule has 174 valence electrons. The average molecular weight is 479 g/mol. The summed E-state index contributed by atoms with van der Waals surface area (Å²) in [6.45, 7) is 1.05. The number of hydrogen-bond acceptors (Lipinski definition) is 7. The zero-order chi connectivity index (χ0) is 23.6. The smallest absolute Gasteiger partial charge is 0.420 e. The van der Waals surface area contributed by atoms with E-state index in [4.69, 9.17) is 11.6 Å². The molecule has 4 N–H and O–H groups in total. The molecule has 0 unspecified atom stereocenters. The number of ether oxygens (including phenoxy) is 1. The maximum atomic E-state index is 13.1. The van der Waals surface area contributed by atoms with Gasteiger partial charge in [0.2, 0.25) is 0 Å². The zero-order valence-corrected chi connectivity index (χ0v) is 18.2. The fourth-order valence-corrected chi connectivity index (χ4v) is 3.67. The second-order valence-electron chi connectivity index (χ2n) is 7.39. The van der Waals surface area contributed by atoms with Gasteiger partial charge in [0.25, 0.3) is 5.91 Å². The molecule has 33 heavy (non-hydrogen) atoms. The Kier molecular flexibility index (Phi) is 6.34. The zero-order valence-electron chi connectivity index (χ0n) is 17.5. The van der Waals surface area contributed by atoms with E-state index in [1.54, 1.807) is 25.4 Å². The average Bonchev–Trinajstić information content (AvgIpc) is 3.45. The molecule has 1 aliphatic heterocycles. The molecule has 3 heterocycles. The Labute approximate surface area is 192 Å². The van der Waals surface area contributed by atoms with Crippen molar-refractivity contribution in [3.63, 3.8) is 0 Å². The van der Waals surface area contributed by atoms with E-state index in [1.165, 1.54) is 24.3 Å². The Bertz CT molecular complexity index is 1120. The highest BCUT2D eigenvalue weighted by molar-refractivity contribution is 6.20. The number of rotatable bonds is 7. The normalized spacial score (nSPS) is 16.0. The molecule has 1 atom stereocenters. The summed E-state index contributed by atoms with van der Waals surface area (Å²) in [4.78, 5) is 19.7. The molecule has 1 aliphatic rings. The summed E-state index contributed by atoms with van der Waals surface area (Å²) in [7, 11) is 1.65. The van der Waals surface area contributed by atoms with Crippen molar-refractivity contribution in [3.8, 4) is 17.0 Å². The van der Waals surface area contributed by atoms with Crippen molar-refractivity contribution < 1.29 is 23.4 Å². The lowest BCUT2D eigenvalue weighted by Gasteiger charge is -2.22. The van der Waals surface area contributed by atoms with Gasteiger partial charge < -0.3 is 25.4 Å². The number of nitrogens with zero attached hydrogens (tertiary/aromatic N) is 3. The molecule has 1 fully saturated rings. The fraction of sp³-hybridized carbons (Fsp3) is 0.286. The number of nitrogens with one attached hydrogen (secondary N) is 3. The first-order valence-corrected chi connectivity index (χ1v) is 10.4. The van der Waals surface area contributed by atoms with Crippen LogP contribution in [0.3, 0.4) is 0 Å². The second kappa shape index (κ2) is 9.20. The SMILES string of the molecule is CNc1nc(N2CC[C@@H](O)C2)c(-c2ccn[nH]2)cc1C(=O)Nc1ccc(OC(F)(F)Cl)cc1. The van der Waals surface area contributed by atoms with Crippen LogP contribution in [0.1, 0.15) is 16.8 Å². The van der Waals surface area contributed by atoms with Gasteiger partial charge in [-0.2, -0.15) is 5.10 Å². The van der Waals surface area contributed by atoms with Crippen molar-refractivity contribution in [3.05, 3.63) is 48.2 Å². The number of amides is 1. The van der Waals surface area contributed by atoms with Crippen LogP contribution in [0.25, 0.3) is 11.3 Å². The molecule has 3 aromatic rings. The van der Waals surface area contributed by atoms with E-state index in [1.807, 2.05) is 4.90 Å². The van der Waals surface area contributed by atoms with Gasteiger partial charge in [-0.25, -0.2) is 4.98 Å². The van der Waals surface area contributed by atoms with Gasteiger partial charge in [-0.15, -0.1) is 8.78 Å². The molecule has 1 amide bonds. The Morgan fingerprint density at radius 3 is 2.67 bits per heavy atom. The third-order valence-electron chi connectivity index (χ3n) is 5.08. The largest absolute Gasteiger partial charge is 0.487 e. The molecule has 1 aromatic carbocycles. The van der Waals surface area contributed by atoms with Crippen molar-refractivity contribution in [2.75, 3.05) is 35.7 Å². The van der Waals surface area contributed by atoms with E-state index in [0.717, 1.165) is 0 Å². The van der Waals surface area contributed by atoms with Crippen LogP contribution in [0.5, 0.6) is 5.75 Å². The third-order valence-corrected chi connectivity index (χ3v) is 5.16. The van der Waals surface area contributed by atoms with Crippen LogP contribution in [-0.4, -0.2) is 58.0 Å². The highest BCUT2D eigenvalue weighted by Crippen LogP contribution is 2.34. The quantitative estimate of drug-likeness (QED) is 0.384. The van der Waals surface area contributed by atoms with Crippen molar-refractivity contribution in [1.29, 1.82) is 0 Å². The summed E-state index contributed by atoms with van der Waals surface area (Å²) in [6, 6.07) is 8.81. The number of carbonyl (C=O) groups is 1. The summed E-state index contributed by atoms with van der Waals surface area (Å²) < 4.78 is 29.8. The molecule has 0 saturated carbocycles. The first-order valence-electron chi connectivity index (χ1n) is 10.1. The highest BCUT2D eigenvalue weighted by atomic mass is 35.5. The Morgan fingerprint density at radius 2 is 2.09 bits per heavy atom. The lowest BCUT2D eigenvalue weighted by molar-refractivity contribution is -0.0964. The van der Waals surface area contributed by atoms with Crippen LogP contribution in [-0.2, 0) is 0 Å². The van der Waals surface area contributed by atoms with Gasteiger partial charge in [0.15, 0.2) is 0 Å². The van der Waals surface area contributed by atoms with E-state index in [2.05, 4.69) is 30.6 Å². The second-order valence-corrected chi connectivity index (χ2v) is 7.83. The van der Waals surface area contributed by atoms with Crippen LogP contribution in [0.15, 0.2) is 42.6 Å². The minimum absolute atomic E-state index is 0.149. The number of H-pyrrole nitrogens is 1. The van der Waals surface area contributed by atoms with E-state index in [9.17, 15) is 18.7 Å². The number of halogens is 3. The first-order chi connectivity index (χ1) is 15.7. The number of aromatic amines is 1. The summed E-state index contributed by atoms with van der Waals surface area (Å²) in [6.07, 6.45) is 1.77. The van der Waals surface area contributed by atoms with Gasteiger partial charge in [0, 0.05) is 49.2 Å². The van der Waals surface area contributed by atoms with E-state index in [0.29, 0.717) is 48.1 Å². The van der Waals surface area contributed by atoms with Gasteiger partial charge in [-0.3, -0.25) is 9.89 Å². The Balaban J connectivity index is 1.64. The Morgan fingerprint density at radius 1 is 1.33 bits per heavy atom. The maximum absolute atomic E-state index is 13.1. The molecule has 0 radical (unpaired) electrons. The molecule has 0 spiro atoms. The summed E-state index contributed by atoms with van der Waals surface area (Å²) in [5, 5.41) is 22.5. The molecule has 12 heteroatoms. The number of aliphatic hydroxyl groups is 1. The van der Waals surface area contributed by atoms with E-state index >= 15 is 0 Å². The van der Waals surface area contributed by atoms with E-state index < -0.39 is 17.6 Å². The molecule has 0 bridgehead atoms. The van der Waals surface area contributed by atoms with Crippen LogP contribution in [0.4, 0.5) is 26.1 Å². The molecule has 2 aromatic heterocycles. The fourth-order valence-electron chi connectivity index (χ4n) is 3.58. The van der Waals surface area contributed by atoms with Crippen LogP contribution in [0, 0.1) is 0 Å². The lowest BCUT2D eigenvalue weighted by Crippen LogP contribution is -2.24. The van der Waals surface area contributed by atoms with Gasteiger partial charge in [-0.1, -0.05) is 0 Å². The molecular weight excluding hydrogens is 458 g/mol. The van der Waals surface area contributed by atoms with E-state index in [-0.39, 0.29) is 11.3 Å². The monoisotopic (exact) mass is 478 g/mol. The number of aromatic nitrogens is 3. The van der Waals surface area contributed by atoms with Crippen molar-refractivity contribution in [1.82, 2.24) is 15.2 Å². The number of β-amino-alcohol motifs (C(OH)–C–C–N with tert-alkyl or cyclic N) is 1. The minimum Gasteiger partial charge on any atom is -0.420 e. The van der Waals surface area contributed by atoms with Crippen molar-refractivity contribution in [2.45, 2.75) is 18.1 Å². The van der Waals surface area contributed by atoms with Gasteiger partial charge >= 0.3 is 5.57 Å². The summed E-state index contributed by atoms with van der Waals surface area (Å²) in [5.74, 6) is 0.343. The number of pyridine rings is 1. The predicted octanol–water partition coefficient (Wildman–Crippen LogP) is 3.50. The number of carbonyl (C=O) groups excluding carboxylic acids is 1. The van der Waals surface area contributed by atoms with Crippen LogP contribution < -0.4 is 20.3 Å². The summed E-state index contributed by atoms with van der Waals surface area (Å²) >= 11 is 4.77. The minimum atomic E-state index is -3.83. The number of alkyl halides is 3. The molecule has 1 saturated heterocycles. The number of benzene rings is 1. The van der Waals surface area contributed by atoms with Gasteiger partial charge in [0.05, 0.1) is 17.4 Å². The van der Waals surface area contributed by atoms with Crippen molar-refractivity contribution >= 4 is 34.8 Å². The third kappa shape index (κ3) is 5.32. The highest BCUT2D eigenvalue weighted by Gasteiger charge is 2.28. The number of anilines is 3. The first kappa shape index (κ1) is 22.7.